The first kappa shape index (κ1) is 4.62. The summed E-state index contributed by atoms with van der Waals surface area (Å²) >= 11 is 0. The molecule has 0 aliphatic carbocycles. The van der Waals surface area contributed by atoms with E-state index in [2.05, 4.69) is 5.32 Å². The number of hydrogen-bond donors (Lipinski definition) is 1. The van der Waals surface area contributed by atoms with Crippen molar-refractivity contribution < 1.29 is 4.79 Å². The number of amides is 1. The van der Waals surface area contributed by atoms with Gasteiger partial charge in [0.2, 0.25) is 5.91 Å². The maximum Gasteiger partial charge on any atom is 0.220 e. The molecule has 1 N–H and O–H groups in total. The fourth-order valence-corrected chi connectivity index (χ4v) is 0.664. The monoisotopic (exact) mass is 98.1 g/mol. The van der Waals surface area contributed by atoms with Crippen molar-refractivity contribution in [1.82, 2.24) is 5.32 Å². The minimum atomic E-state index is 0.164. The SMILES string of the molecule is C[C]1CCC(=O)N1. The number of nitrogens with one attached hydrogen (secondary N) is 1. The lowest BCUT2D eigenvalue weighted by Gasteiger charge is -1.94. The molecule has 1 amide bonds. The summed E-state index contributed by atoms with van der Waals surface area (Å²) in [5, 5.41) is 2.69. The van der Waals surface area contributed by atoms with Crippen LogP contribution < -0.4 is 5.32 Å². The van der Waals surface area contributed by atoms with Crippen molar-refractivity contribution >= 4 is 5.91 Å². The van der Waals surface area contributed by atoms with E-state index in [1.165, 1.54) is 0 Å². The molecule has 0 bridgehead atoms. The van der Waals surface area contributed by atoms with Gasteiger partial charge in [-0.05, 0) is 13.3 Å². The Balaban J connectivity index is 2.40. The zero-order valence-electron chi connectivity index (χ0n) is 4.32. The number of rotatable bonds is 0. The van der Waals surface area contributed by atoms with E-state index >= 15 is 0 Å². The molecule has 2 heteroatoms. The summed E-state index contributed by atoms with van der Waals surface area (Å²) in [6.07, 6.45) is 1.62. The molecule has 0 aromatic carbocycles. The molecular formula is C5H8NO. The number of carbonyl (C=O) groups is 1. The third-order valence-corrected chi connectivity index (χ3v) is 1.08. The average Bonchev–Trinajstić information content (AvgIpc) is 1.87. The highest BCUT2D eigenvalue weighted by atomic mass is 16.1. The molecule has 0 atom stereocenters. The highest BCUT2D eigenvalue weighted by Crippen LogP contribution is 2.10. The molecule has 1 saturated heterocycles. The topological polar surface area (TPSA) is 29.1 Å². The highest BCUT2D eigenvalue weighted by Gasteiger charge is 2.15. The normalized spacial score (nSPS) is 22.7. The third-order valence-electron chi connectivity index (χ3n) is 1.08. The summed E-state index contributed by atoms with van der Waals surface area (Å²) in [6, 6.07) is 1.10. The predicted octanol–water partition coefficient (Wildman–Crippen LogP) is 0.448. The van der Waals surface area contributed by atoms with Gasteiger partial charge in [-0.25, -0.2) is 0 Å². The first-order valence-corrected chi connectivity index (χ1v) is 2.41. The Morgan fingerprint density at radius 2 is 2.29 bits per heavy atom. The Morgan fingerprint density at radius 3 is 2.43 bits per heavy atom. The Hall–Kier alpha value is -0.530. The van der Waals surface area contributed by atoms with Crippen molar-refractivity contribution in [3.05, 3.63) is 6.04 Å². The highest BCUT2D eigenvalue weighted by molar-refractivity contribution is 5.79. The lowest BCUT2D eigenvalue weighted by Crippen LogP contribution is -2.15. The molecule has 0 saturated carbocycles. The number of carbonyl (C=O) groups excluding carboxylic acids is 1. The van der Waals surface area contributed by atoms with Crippen LogP contribution in [0.2, 0.25) is 0 Å². The molecule has 1 aliphatic rings. The Kier molecular flexibility index (Phi) is 1.01. The second-order valence-electron chi connectivity index (χ2n) is 1.83. The van der Waals surface area contributed by atoms with Gasteiger partial charge in [0, 0.05) is 6.42 Å². The van der Waals surface area contributed by atoms with E-state index in [4.69, 9.17) is 0 Å². The van der Waals surface area contributed by atoms with Crippen molar-refractivity contribution in [2.45, 2.75) is 19.8 Å². The molecule has 2 nitrogen and oxygen atoms in total. The van der Waals surface area contributed by atoms with Gasteiger partial charge in [0.1, 0.15) is 0 Å². The van der Waals surface area contributed by atoms with Gasteiger partial charge >= 0.3 is 0 Å². The number of hydrogen-bond acceptors (Lipinski definition) is 1. The maximum absolute atomic E-state index is 10.3. The quantitative estimate of drug-likeness (QED) is 0.468. The van der Waals surface area contributed by atoms with E-state index in [0.717, 1.165) is 12.5 Å². The summed E-state index contributed by atoms with van der Waals surface area (Å²) in [5.74, 6) is 0.164. The smallest absolute Gasteiger partial charge is 0.220 e. The second-order valence-corrected chi connectivity index (χ2v) is 1.83. The summed E-state index contributed by atoms with van der Waals surface area (Å²) in [7, 11) is 0. The van der Waals surface area contributed by atoms with Crippen molar-refractivity contribution in [3.8, 4) is 0 Å². The van der Waals surface area contributed by atoms with Crippen molar-refractivity contribution in [1.29, 1.82) is 0 Å². The molecule has 0 aromatic rings. The van der Waals surface area contributed by atoms with Gasteiger partial charge in [0.05, 0.1) is 6.04 Å². The molecule has 0 aromatic heterocycles. The first-order valence-electron chi connectivity index (χ1n) is 2.41. The van der Waals surface area contributed by atoms with Crippen molar-refractivity contribution in [3.63, 3.8) is 0 Å². The van der Waals surface area contributed by atoms with Gasteiger partial charge in [-0.3, -0.25) is 4.79 Å². The van der Waals surface area contributed by atoms with Crippen LogP contribution in [0.1, 0.15) is 19.8 Å². The molecule has 1 aliphatic heterocycles. The van der Waals surface area contributed by atoms with Crippen LogP contribution in [-0.2, 0) is 4.79 Å². The van der Waals surface area contributed by atoms with Crippen LogP contribution in [0.4, 0.5) is 0 Å². The van der Waals surface area contributed by atoms with Crippen LogP contribution in [0.25, 0.3) is 0 Å². The fraction of sp³-hybridized carbons (Fsp3) is 0.600. The molecule has 7 heavy (non-hydrogen) atoms. The van der Waals surface area contributed by atoms with Crippen molar-refractivity contribution in [2.75, 3.05) is 0 Å². The zero-order chi connectivity index (χ0) is 5.28. The van der Waals surface area contributed by atoms with E-state index in [-0.39, 0.29) is 5.91 Å². The molecule has 1 heterocycles. The van der Waals surface area contributed by atoms with Gasteiger partial charge in [0.25, 0.3) is 0 Å². The molecule has 1 fully saturated rings. The predicted molar refractivity (Wildman–Crippen MR) is 26.3 cm³/mol. The molecular weight excluding hydrogens is 90.1 g/mol. The molecule has 1 radical (unpaired) electrons. The van der Waals surface area contributed by atoms with Gasteiger partial charge in [-0.2, -0.15) is 0 Å². The van der Waals surface area contributed by atoms with E-state index in [9.17, 15) is 4.79 Å². The van der Waals surface area contributed by atoms with Gasteiger partial charge in [0.15, 0.2) is 0 Å². The Morgan fingerprint density at radius 1 is 1.57 bits per heavy atom. The maximum atomic E-state index is 10.3. The summed E-state index contributed by atoms with van der Waals surface area (Å²) in [5.41, 5.74) is 0. The molecule has 0 unspecified atom stereocenters. The third kappa shape index (κ3) is 0.918. The van der Waals surface area contributed by atoms with Crippen LogP contribution in [0.3, 0.4) is 0 Å². The van der Waals surface area contributed by atoms with Crippen LogP contribution in [0.5, 0.6) is 0 Å². The average molecular weight is 98.1 g/mol. The van der Waals surface area contributed by atoms with E-state index in [0.29, 0.717) is 6.42 Å². The minimum absolute atomic E-state index is 0.164. The lowest BCUT2D eigenvalue weighted by molar-refractivity contribution is -0.119. The molecule has 39 valence electrons. The minimum Gasteiger partial charge on any atom is -0.349 e. The zero-order valence-corrected chi connectivity index (χ0v) is 4.32. The van der Waals surface area contributed by atoms with E-state index in [1.807, 2.05) is 6.92 Å². The second kappa shape index (κ2) is 1.52. The van der Waals surface area contributed by atoms with Crippen molar-refractivity contribution in [2.24, 2.45) is 0 Å². The van der Waals surface area contributed by atoms with Crippen LogP contribution in [0.15, 0.2) is 0 Å². The summed E-state index contributed by atoms with van der Waals surface area (Å²) in [4.78, 5) is 10.3. The summed E-state index contributed by atoms with van der Waals surface area (Å²) in [6.45, 7) is 1.94. The van der Waals surface area contributed by atoms with Crippen LogP contribution in [-0.4, -0.2) is 5.91 Å². The van der Waals surface area contributed by atoms with E-state index < -0.39 is 0 Å². The van der Waals surface area contributed by atoms with Gasteiger partial charge in [-0.15, -0.1) is 0 Å². The van der Waals surface area contributed by atoms with Gasteiger partial charge < -0.3 is 5.32 Å². The first-order chi connectivity index (χ1) is 3.29. The van der Waals surface area contributed by atoms with E-state index in [1.54, 1.807) is 0 Å². The molecule has 0 spiro atoms. The molecule has 1 rings (SSSR count). The largest absolute Gasteiger partial charge is 0.349 e. The van der Waals surface area contributed by atoms with Crippen LogP contribution >= 0.6 is 0 Å². The summed E-state index contributed by atoms with van der Waals surface area (Å²) < 4.78 is 0. The van der Waals surface area contributed by atoms with Crippen LogP contribution in [0, 0.1) is 6.04 Å². The standard InChI is InChI=1S/C5H8NO/c1-4-2-3-5(7)6-4/h2-3H2,1H3,(H,6,7). The fourth-order valence-electron chi connectivity index (χ4n) is 0.664. The Labute approximate surface area is 42.9 Å². The lowest BCUT2D eigenvalue weighted by atomic mass is 10.3. The van der Waals surface area contributed by atoms with Gasteiger partial charge in [-0.1, -0.05) is 0 Å². The Bertz CT molecular complexity index is 90.1.